The summed E-state index contributed by atoms with van der Waals surface area (Å²) in [7, 11) is 0. The molecule has 3 heteroatoms. The number of hydrogen-bond donors (Lipinski definition) is 1. The maximum atomic E-state index is 11.8. The van der Waals surface area contributed by atoms with E-state index in [1.165, 1.54) is 11.1 Å². The molecule has 0 saturated heterocycles. The molecule has 0 fully saturated rings. The van der Waals surface area contributed by atoms with Crippen molar-refractivity contribution in [2.75, 3.05) is 13.2 Å². The molecule has 0 spiro atoms. The highest BCUT2D eigenvalue weighted by Crippen LogP contribution is 2.18. The number of ether oxygens (including phenoxy) is 1. The van der Waals surface area contributed by atoms with Crippen LogP contribution in [0.15, 0.2) is 48.5 Å². The Morgan fingerprint density at radius 3 is 2.59 bits per heavy atom. The van der Waals surface area contributed by atoms with E-state index in [1.54, 1.807) is 0 Å². The van der Waals surface area contributed by atoms with Gasteiger partial charge in [-0.05, 0) is 43.9 Å². The van der Waals surface area contributed by atoms with E-state index >= 15 is 0 Å². The van der Waals surface area contributed by atoms with Gasteiger partial charge in [0.15, 0.2) is 6.61 Å². The Bertz CT molecular complexity index is 608. The van der Waals surface area contributed by atoms with Gasteiger partial charge in [0, 0.05) is 6.54 Å². The summed E-state index contributed by atoms with van der Waals surface area (Å²) in [6.45, 7) is 4.76. The van der Waals surface area contributed by atoms with Gasteiger partial charge >= 0.3 is 0 Å². The van der Waals surface area contributed by atoms with Crippen molar-refractivity contribution < 1.29 is 9.53 Å². The summed E-state index contributed by atoms with van der Waals surface area (Å²) >= 11 is 0. The molecule has 0 aliphatic carbocycles. The van der Waals surface area contributed by atoms with E-state index in [-0.39, 0.29) is 12.5 Å². The third-order valence-corrected chi connectivity index (χ3v) is 3.50. The highest BCUT2D eigenvalue weighted by Gasteiger charge is 2.04. The lowest BCUT2D eigenvalue weighted by Gasteiger charge is -2.10. The molecule has 3 nitrogen and oxygen atoms in total. The zero-order valence-electron chi connectivity index (χ0n) is 13.3. The van der Waals surface area contributed by atoms with Crippen LogP contribution in [0, 0.1) is 13.8 Å². The number of carbonyl (C=O) groups is 1. The summed E-state index contributed by atoms with van der Waals surface area (Å²) < 4.78 is 5.56. The van der Waals surface area contributed by atoms with E-state index in [0.717, 1.165) is 24.2 Å². The van der Waals surface area contributed by atoms with Crippen LogP contribution >= 0.6 is 0 Å². The average Bonchev–Trinajstić information content (AvgIpc) is 2.52. The molecule has 116 valence electrons. The SMILES string of the molecule is Cc1ccc(OCC(=O)NCCCc2ccccc2)c(C)c1. The minimum atomic E-state index is -0.0759. The third kappa shape index (κ3) is 5.24. The Morgan fingerprint density at radius 2 is 1.86 bits per heavy atom. The van der Waals surface area contributed by atoms with E-state index in [4.69, 9.17) is 4.74 Å². The molecule has 1 N–H and O–H groups in total. The van der Waals surface area contributed by atoms with Gasteiger partial charge in [0.05, 0.1) is 0 Å². The van der Waals surface area contributed by atoms with Crippen molar-refractivity contribution in [3.05, 3.63) is 65.2 Å². The van der Waals surface area contributed by atoms with Crippen molar-refractivity contribution in [3.8, 4) is 5.75 Å². The first kappa shape index (κ1) is 16.1. The Kier molecular flexibility index (Phi) is 6.01. The van der Waals surface area contributed by atoms with Gasteiger partial charge in [0.1, 0.15) is 5.75 Å². The number of nitrogens with one attached hydrogen (secondary N) is 1. The van der Waals surface area contributed by atoms with E-state index in [2.05, 4.69) is 17.4 Å². The van der Waals surface area contributed by atoms with Gasteiger partial charge in [-0.2, -0.15) is 0 Å². The molecule has 22 heavy (non-hydrogen) atoms. The van der Waals surface area contributed by atoms with E-state index in [0.29, 0.717) is 6.54 Å². The van der Waals surface area contributed by atoms with Gasteiger partial charge in [-0.25, -0.2) is 0 Å². The number of amides is 1. The molecule has 0 aromatic heterocycles. The molecule has 2 aromatic rings. The number of carbonyl (C=O) groups excluding carboxylic acids is 1. The van der Waals surface area contributed by atoms with Crippen LogP contribution in [0.2, 0.25) is 0 Å². The largest absolute Gasteiger partial charge is 0.484 e. The lowest BCUT2D eigenvalue weighted by molar-refractivity contribution is -0.123. The molecule has 0 atom stereocenters. The molecule has 0 unspecified atom stereocenters. The van der Waals surface area contributed by atoms with Crippen molar-refractivity contribution >= 4 is 5.91 Å². The van der Waals surface area contributed by atoms with Gasteiger partial charge in [-0.3, -0.25) is 4.79 Å². The summed E-state index contributed by atoms with van der Waals surface area (Å²) in [5.74, 6) is 0.693. The maximum Gasteiger partial charge on any atom is 0.257 e. The molecular weight excluding hydrogens is 274 g/mol. The first-order valence-corrected chi connectivity index (χ1v) is 7.66. The zero-order valence-corrected chi connectivity index (χ0v) is 13.3. The molecule has 1 amide bonds. The summed E-state index contributed by atoms with van der Waals surface area (Å²) in [6.07, 6.45) is 1.90. The van der Waals surface area contributed by atoms with E-state index < -0.39 is 0 Å². The lowest BCUT2D eigenvalue weighted by Crippen LogP contribution is -2.30. The summed E-state index contributed by atoms with van der Waals surface area (Å²) in [4.78, 5) is 11.8. The Balaban J connectivity index is 1.65. The predicted octanol–water partition coefficient (Wildman–Crippen LogP) is 3.43. The fraction of sp³-hybridized carbons (Fsp3) is 0.316. The van der Waals surface area contributed by atoms with Crippen molar-refractivity contribution in [2.24, 2.45) is 0 Å². The van der Waals surface area contributed by atoms with Crippen molar-refractivity contribution in [2.45, 2.75) is 26.7 Å². The van der Waals surface area contributed by atoms with Crippen LogP contribution in [0.25, 0.3) is 0 Å². The van der Waals surface area contributed by atoms with E-state index in [1.807, 2.05) is 50.2 Å². The predicted molar refractivity (Wildman–Crippen MR) is 89.2 cm³/mol. The van der Waals surface area contributed by atoms with Gasteiger partial charge < -0.3 is 10.1 Å². The van der Waals surface area contributed by atoms with Crippen molar-refractivity contribution in [3.63, 3.8) is 0 Å². The Hall–Kier alpha value is -2.29. The van der Waals surface area contributed by atoms with Crippen LogP contribution in [0.5, 0.6) is 5.75 Å². The molecule has 2 rings (SSSR count). The number of hydrogen-bond acceptors (Lipinski definition) is 2. The second-order valence-electron chi connectivity index (χ2n) is 5.50. The smallest absolute Gasteiger partial charge is 0.257 e. The van der Waals surface area contributed by atoms with Crippen LogP contribution < -0.4 is 10.1 Å². The summed E-state index contributed by atoms with van der Waals surface area (Å²) in [5.41, 5.74) is 3.54. The molecule has 0 radical (unpaired) electrons. The summed E-state index contributed by atoms with van der Waals surface area (Å²) in [5, 5.41) is 2.89. The van der Waals surface area contributed by atoms with Gasteiger partial charge in [0.25, 0.3) is 5.91 Å². The van der Waals surface area contributed by atoms with Crippen LogP contribution in [0.1, 0.15) is 23.1 Å². The van der Waals surface area contributed by atoms with Crippen LogP contribution in [0.3, 0.4) is 0 Å². The fourth-order valence-corrected chi connectivity index (χ4v) is 2.32. The third-order valence-electron chi connectivity index (χ3n) is 3.50. The zero-order chi connectivity index (χ0) is 15.8. The molecule has 2 aromatic carbocycles. The second-order valence-corrected chi connectivity index (χ2v) is 5.50. The number of benzene rings is 2. The van der Waals surface area contributed by atoms with Gasteiger partial charge in [-0.15, -0.1) is 0 Å². The van der Waals surface area contributed by atoms with Gasteiger partial charge in [-0.1, -0.05) is 48.0 Å². The first-order valence-electron chi connectivity index (χ1n) is 7.66. The maximum absolute atomic E-state index is 11.8. The average molecular weight is 297 g/mol. The molecule has 0 aliphatic heterocycles. The van der Waals surface area contributed by atoms with Gasteiger partial charge in [0.2, 0.25) is 0 Å². The van der Waals surface area contributed by atoms with E-state index in [9.17, 15) is 4.79 Å². The van der Waals surface area contributed by atoms with Crippen LogP contribution in [-0.4, -0.2) is 19.1 Å². The molecule has 0 heterocycles. The van der Waals surface area contributed by atoms with Crippen molar-refractivity contribution in [1.82, 2.24) is 5.32 Å². The quantitative estimate of drug-likeness (QED) is 0.795. The summed E-state index contributed by atoms with van der Waals surface area (Å²) in [6, 6.07) is 16.2. The molecule has 0 aliphatic rings. The van der Waals surface area contributed by atoms with Crippen molar-refractivity contribution in [1.29, 1.82) is 0 Å². The normalized spacial score (nSPS) is 10.3. The Morgan fingerprint density at radius 1 is 1.09 bits per heavy atom. The molecular formula is C19H23NO2. The molecule has 0 bridgehead atoms. The number of rotatable bonds is 7. The Labute approximate surface area is 132 Å². The molecule has 0 saturated carbocycles. The minimum absolute atomic E-state index is 0.0647. The van der Waals surface area contributed by atoms with Crippen LogP contribution in [0.4, 0.5) is 0 Å². The monoisotopic (exact) mass is 297 g/mol. The lowest BCUT2D eigenvalue weighted by atomic mass is 10.1. The van der Waals surface area contributed by atoms with Crippen LogP contribution in [-0.2, 0) is 11.2 Å². The number of aryl methyl sites for hydroxylation is 3. The topological polar surface area (TPSA) is 38.3 Å². The second kappa shape index (κ2) is 8.23. The first-order chi connectivity index (χ1) is 10.6. The minimum Gasteiger partial charge on any atom is -0.484 e. The fourth-order valence-electron chi connectivity index (χ4n) is 2.32. The highest BCUT2D eigenvalue weighted by atomic mass is 16.5. The standard InChI is InChI=1S/C19H23NO2/c1-15-10-11-18(16(2)13-15)22-14-19(21)20-12-6-9-17-7-4-3-5-8-17/h3-5,7-8,10-11,13H,6,9,12,14H2,1-2H3,(H,20,21). The highest BCUT2D eigenvalue weighted by molar-refractivity contribution is 5.77.